The standard InChI is InChI=1S/C13H20N4O/c1-13(2)7-6-10(14-3)12(18)17(9-13)11-5-4-8-15-16-11/h4-5,8,10,14H,6-7,9H2,1-3H3. The molecule has 0 spiro atoms. The van der Waals surface area contributed by atoms with E-state index >= 15 is 0 Å². The zero-order valence-corrected chi connectivity index (χ0v) is 11.2. The highest BCUT2D eigenvalue weighted by atomic mass is 16.2. The van der Waals surface area contributed by atoms with Crippen molar-refractivity contribution >= 4 is 11.7 Å². The summed E-state index contributed by atoms with van der Waals surface area (Å²) in [4.78, 5) is 14.2. The summed E-state index contributed by atoms with van der Waals surface area (Å²) in [6.07, 6.45) is 3.49. The van der Waals surface area contributed by atoms with Crippen molar-refractivity contribution in [3.05, 3.63) is 18.3 Å². The monoisotopic (exact) mass is 248 g/mol. The predicted octanol–water partition coefficient (Wildman–Crippen LogP) is 1.22. The van der Waals surface area contributed by atoms with Gasteiger partial charge in [0.05, 0.1) is 6.04 Å². The molecular formula is C13H20N4O. The first kappa shape index (κ1) is 13.0. The van der Waals surface area contributed by atoms with Crippen molar-refractivity contribution in [2.45, 2.75) is 32.7 Å². The van der Waals surface area contributed by atoms with Gasteiger partial charge in [0.1, 0.15) is 0 Å². The molecule has 98 valence electrons. The fourth-order valence-corrected chi connectivity index (χ4v) is 2.33. The van der Waals surface area contributed by atoms with Crippen LogP contribution in [0.1, 0.15) is 26.7 Å². The number of nitrogens with zero attached hydrogens (tertiary/aromatic N) is 3. The fourth-order valence-electron chi connectivity index (χ4n) is 2.33. The second-order valence-electron chi connectivity index (χ2n) is 5.55. The molecule has 2 rings (SSSR count). The minimum atomic E-state index is -0.131. The van der Waals surface area contributed by atoms with Gasteiger partial charge in [-0.15, -0.1) is 5.10 Å². The Kier molecular flexibility index (Phi) is 3.61. The maximum atomic E-state index is 12.5. The average Bonchev–Trinajstić information content (AvgIpc) is 2.48. The van der Waals surface area contributed by atoms with E-state index in [1.54, 1.807) is 11.1 Å². The molecule has 1 aromatic heterocycles. The van der Waals surface area contributed by atoms with Crippen molar-refractivity contribution in [2.24, 2.45) is 5.41 Å². The second-order valence-corrected chi connectivity index (χ2v) is 5.55. The van der Waals surface area contributed by atoms with Gasteiger partial charge in [-0.25, -0.2) is 0 Å². The van der Waals surface area contributed by atoms with Gasteiger partial charge in [0.15, 0.2) is 5.82 Å². The Labute approximate surface area is 108 Å². The Bertz CT molecular complexity index is 418. The number of nitrogens with one attached hydrogen (secondary N) is 1. The zero-order chi connectivity index (χ0) is 13.2. The van der Waals surface area contributed by atoms with Crippen LogP contribution in [0, 0.1) is 5.41 Å². The summed E-state index contributed by atoms with van der Waals surface area (Å²) in [6.45, 7) is 5.05. The van der Waals surface area contributed by atoms with Crippen molar-refractivity contribution < 1.29 is 4.79 Å². The van der Waals surface area contributed by atoms with Crippen LogP contribution in [0.2, 0.25) is 0 Å². The quantitative estimate of drug-likeness (QED) is 0.855. The first-order valence-corrected chi connectivity index (χ1v) is 6.30. The van der Waals surface area contributed by atoms with E-state index < -0.39 is 0 Å². The topological polar surface area (TPSA) is 58.1 Å². The van der Waals surface area contributed by atoms with Crippen LogP contribution in [-0.2, 0) is 4.79 Å². The highest BCUT2D eigenvalue weighted by Crippen LogP contribution is 2.30. The Morgan fingerprint density at radius 3 is 2.89 bits per heavy atom. The molecule has 0 aliphatic carbocycles. The van der Waals surface area contributed by atoms with Gasteiger partial charge in [0.25, 0.3) is 0 Å². The van der Waals surface area contributed by atoms with Crippen molar-refractivity contribution in [3.63, 3.8) is 0 Å². The maximum Gasteiger partial charge on any atom is 0.245 e. The number of carbonyl (C=O) groups is 1. The molecule has 18 heavy (non-hydrogen) atoms. The molecule has 1 aliphatic rings. The number of aromatic nitrogens is 2. The first-order chi connectivity index (χ1) is 8.53. The summed E-state index contributed by atoms with van der Waals surface area (Å²) < 4.78 is 0. The molecular weight excluding hydrogens is 228 g/mol. The molecule has 1 N–H and O–H groups in total. The van der Waals surface area contributed by atoms with Gasteiger partial charge in [-0.1, -0.05) is 13.8 Å². The van der Waals surface area contributed by atoms with Crippen LogP contribution in [0.5, 0.6) is 0 Å². The van der Waals surface area contributed by atoms with Gasteiger partial charge in [-0.2, -0.15) is 5.10 Å². The average molecular weight is 248 g/mol. The van der Waals surface area contributed by atoms with Crippen molar-refractivity contribution in [1.82, 2.24) is 15.5 Å². The third kappa shape index (κ3) is 2.67. The molecule has 0 bridgehead atoms. The molecule has 5 heteroatoms. The van der Waals surface area contributed by atoms with Crippen LogP contribution in [-0.4, -0.2) is 35.7 Å². The number of carbonyl (C=O) groups excluding carboxylic acids is 1. The molecule has 1 amide bonds. The summed E-state index contributed by atoms with van der Waals surface area (Å²) in [6, 6.07) is 3.51. The lowest BCUT2D eigenvalue weighted by Crippen LogP contribution is -2.45. The van der Waals surface area contributed by atoms with E-state index in [0.717, 1.165) is 12.8 Å². The Hall–Kier alpha value is -1.49. The lowest BCUT2D eigenvalue weighted by molar-refractivity contribution is -0.120. The lowest BCUT2D eigenvalue weighted by Gasteiger charge is -2.28. The van der Waals surface area contributed by atoms with Gasteiger partial charge in [-0.3, -0.25) is 9.69 Å². The third-order valence-corrected chi connectivity index (χ3v) is 3.44. The van der Waals surface area contributed by atoms with E-state index in [9.17, 15) is 4.79 Å². The molecule has 1 fully saturated rings. The van der Waals surface area contributed by atoms with E-state index in [2.05, 4.69) is 29.4 Å². The molecule has 2 heterocycles. The molecule has 1 saturated heterocycles. The Morgan fingerprint density at radius 2 is 2.28 bits per heavy atom. The number of hydrogen-bond acceptors (Lipinski definition) is 4. The number of rotatable bonds is 2. The number of likely N-dealkylation sites (N-methyl/N-ethyl adjacent to an activating group) is 1. The van der Waals surface area contributed by atoms with Crippen LogP contribution in [0.3, 0.4) is 0 Å². The van der Waals surface area contributed by atoms with E-state index in [0.29, 0.717) is 12.4 Å². The van der Waals surface area contributed by atoms with Gasteiger partial charge >= 0.3 is 0 Å². The zero-order valence-electron chi connectivity index (χ0n) is 11.2. The first-order valence-electron chi connectivity index (χ1n) is 6.30. The van der Waals surface area contributed by atoms with Crippen molar-refractivity contribution in [1.29, 1.82) is 0 Å². The Morgan fingerprint density at radius 1 is 1.50 bits per heavy atom. The summed E-state index contributed by atoms with van der Waals surface area (Å²) in [5.41, 5.74) is 0.0960. The number of amides is 1. The van der Waals surface area contributed by atoms with Crippen LogP contribution in [0.15, 0.2) is 18.3 Å². The van der Waals surface area contributed by atoms with Gasteiger partial charge in [0.2, 0.25) is 5.91 Å². The molecule has 5 nitrogen and oxygen atoms in total. The second kappa shape index (κ2) is 5.02. The fraction of sp³-hybridized carbons (Fsp3) is 0.615. The molecule has 0 aromatic carbocycles. The number of anilines is 1. The van der Waals surface area contributed by atoms with Crippen molar-refractivity contribution in [2.75, 3.05) is 18.5 Å². The summed E-state index contributed by atoms with van der Waals surface area (Å²) in [5.74, 6) is 0.723. The normalized spacial score (nSPS) is 23.8. The van der Waals surface area contributed by atoms with E-state index in [4.69, 9.17) is 0 Å². The molecule has 1 aromatic rings. The predicted molar refractivity (Wildman–Crippen MR) is 70.2 cm³/mol. The van der Waals surface area contributed by atoms with Crippen LogP contribution in [0.25, 0.3) is 0 Å². The van der Waals surface area contributed by atoms with Crippen LogP contribution >= 0.6 is 0 Å². The smallest absolute Gasteiger partial charge is 0.245 e. The van der Waals surface area contributed by atoms with Crippen LogP contribution < -0.4 is 10.2 Å². The molecule has 1 unspecified atom stereocenters. The highest BCUT2D eigenvalue weighted by Gasteiger charge is 2.35. The lowest BCUT2D eigenvalue weighted by atomic mass is 9.87. The minimum absolute atomic E-state index is 0.0866. The van der Waals surface area contributed by atoms with E-state index in [1.165, 1.54) is 0 Å². The van der Waals surface area contributed by atoms with E-state index in [1.807, 2.05) is 19.2 Å². The summed E-state index contributed by atoms with van der Waals surface area (Å²) in [5, 5.41) is 11.0. The summed E-state index contributed by atoms with van der Waals surface area (Å²) >= 11 is 0. The molecule has 1 aliphatic heterocycles. The van der Waals surface area contributed by atoms with Gasteiger partial charge in [0, 0.05) is 12.7 Å². The Balaban J connectivity index is 2.32. The van der Waals surface area contributed by atoms with Crippen molar-refractivity contribution in [3.8, 4) is 0 Å². The number of hydrogen-bond donors (Lipinski definition) is 1. The highest BCUT2D eigenvalue weighted by molar-refractivity contribution is 5.96. The van der Waals surface area contributed by atoms with Crippen LogP contribution in [0.4, 0.5) is 5.82 Å². The summed E-state index contributed by atoms with van der Waals surface area (Å²) in [7, 11) is 1.83. The molecule has 0 radical (unpaired) electrons. The molecule has 1 atom stereocenters. The maximum absolute atomic E-state index is 12.5. The SMILES string of the molecule is CNC1CCC(C)(C)CN(c2cccnn2)C1=O. The molecule has 0 saturated carbocycles. The van der Waals surface area contributed by atoms with Gasteiger partial charge in [-0.05, 0) is 37.4 Å². The largest absolute Gasteiger partial charge is 0.309 e. The van der Waals surface area contributed by atoms with Gasteiger partial charge < -0.3 is 5.32 Å². The van der Waals surface area contributed by atoms with E-state index in [-0.39, 0.29) is 17.4 Å². The minimum Gasteiger partial charge on any atom is -0.309 e. The third-order valence-electron chi connectivity index (χ3n) is 3.44.